The summed E-state index contributed by atoms with van der Waals surface area (Å²) in [6.07, 6.45) is 8.71. The average Bonchev–Trinajstić information content (AvgIpc) is 2.92. The van der Waals surface area contributed by atoms with Crippen LogP contribution in [-0.2, 0) is 7.05 Å². The third-order valence-electron chi connectivity index (χ3n) is 3.92. The number of rotatable bonds is 2. The maximum Gasteiger partial charge on any atom is 0.131 e. The minimum atomic E-state index is -0.233. The first-order chi connectivity index (χ1) is 11.1. The minimum absolute atomic E-state index is 0.233. The van der Waals surface area contributed by atoms with Gasteiger partial charge in [0.05, 0.1) is 29.1 Å². The van der Waals surface area contributed by atoms with E-state index in [2.05, 4.69) is 27.2 Å². The number of halogens is 1. The van der Waals surface area contributed by atoms with E-state index >= 15 is 0 Å². The van der Waals surface area contributed by atoms with E-state index in [-0.39, 0.29) is 12.1 Å². The van der Waals surface area contributed by atoms with Crippen LogP contribution in [0, 0.1) is 11.8 Å². The molecule has 2 atom stereocenters. The Balaban J connectivity index is 1.81. The number of nitrogens with one attached hydrogen (secondary N) is 1. The average molecular weight is 331 g/mol. The summed E-state index contributed by atoms with van der Waals surface area (Å²) < 4.78 is 1.71. The summed E-state index contributed by atoms with van der Waals surface area (Å²) in [5.41, 5.74) is 2.50. The molecule has 23 heavy (non-hydrogen) atoms. The van der Waals surface area contributed by atoms with Crippen molar-refractivity contribution in [3.63, 3.8) is 0 Å². The van der Waals surface area contributed by atoms with E-state index in [9.17, 15) is 5.11 Å². The standard InChI is InChI=1S/C17H19ClN4O/c1-22-11-12(9-20-22)5-6-13-10-19-17(18)8-16(13)21-14-3-2-4-15(23)7-14/h8-11,14-15,23H,2-4,7H2,1H3,(H,19,21)/t14-,15-/m0/s1. The van der Waals surface area contributed by atoms with Crippen molar-refractivity contribution in [3.8, 4) is 11.8 Å². The van der Waals surface area contributed by atoms with Gasteiger partial charge in [0.2, 0.25) is 0 Å². The van der Waals surface area contributed by atoms with Crippen molar-refractivity contribution in [1.29, 1.82) is 0 Å². The van der Waals surface area contributed by atoms with Gasteiger partial charge in [0.15, 0.2) is 0 Å². The highest BCUT2D eigenvalue weighted by molar-refractivity contribution is 6.29. The van der Waals surface area contributed by atoms with Gasteiger partial charge >= 0.3 is 0 Å². The maximum absolute atomic E-state index is 9.82. The second-order valence-electron chi connectivity index (χ2n) is 5.87. The van der Waals surface area contributed by atoms with Gasteiger partial charge in [-0.05, 0) is 31.7 Å². The van der Waals surface area contributed by atoms with Gasteiger partial charge in [0.25, 0.3) is 0 Å². The van der Waals surface area contributed by atoms with Crippen LogP contribution in [0.2, 0.25) is 5.15 Å². The summed E-state index contributed by atoms with van der Waals surface area (Å²) in [5, 5.41) is 17.8. The molecule has 6 heteroatoms. The Hall–Kier alpha value is -2.03. The molecule has 0 saturated heterocycles. The SMILES string of the molecule is Cn1cc(C#Cc2cnc(Cl)cc2N[C@H]2CCC[C@H](O)C2)cn1. The Morgan fingerprint density at radius 3 is 2.96 bits per heavy atom. The highest BCUT2D eigenvalue weighted by atomic mass is 35.5. The van der Waals surface area contributed by atoms with Gasteiger partial charge in [0.1, 0.15) is 5.15 Å². The molecule has 1 fully saturated rings. The van der Waals surface area contributed by atoms with Gasteiger partial charge in [-0.2, -0.15) is 5.10 Å². The Labute approximate surface area is 140 Å². The van der Waals surface area contributed by atoms with Crippen molar-refractivity contribution in [2.24, 2.45) is 7.05 Å². The van der Waals surface area contributed by atoms with E-state index in [0.717, 1.165) is 42.5 Å². The number of nitrogens with zero attached hydrogens (tertiary/aromatic N) is 3. The smallest absolute Gasteiger partial charge is 0.131 e. The monoisotopic (exact) mass is 330 g/mol. The molecule has 2 aromatic heterocycles. The van der Waals surface area contributed by atoms with Crippen LogP contribution in [0.1, 0.15) is 36.8 Å². The number of aliphatic hydroxyl groups is 1. The van der Waals surface area contributed by atoms with E-state index in [1.807, 2.05) is 13.2 Å². The Bertz CT molecular complexity index is 747. The van der Waals surface area contributed by atoms with Crippen molar-refractivity contribution < 1.29 is 5.11 Å². The van der Waals surface area contributed by atoms with Crippen molar-refractivity contribution in [3.05, 3.63) is 40.9 Å². The lowest BCUT2D eigenvalue weighted by atomic mass is 9.93. The lowest BCUT2D eigenvalue weighted by Crippen LogP contribution is -2.30. The van der Waals surface area contributed by atoms with Gasteiger partial charge in [-0.1, -0.05) is 23.4 Å². The minimum Gasteiger partial charge on any atom is -0.393 e. The number of aryl methyl sites for hydroxylation is 1. The van der Waals surface area contributed by atoms with Crippen molar-refractivity contribution in [2.75, 3.05) is 5.32 Å². The third-order valence-corrected chi connectivity index (χ3v) is 4.13. The van der Waals surface area contributed by atoms with Crippen LogP contribution in [0.4, 0.5) is 5.69 Å². The summed E-state index contributed by atoms with van der Waals surface area (Å²) in [7, 11) is 1.86. The van der Waals surface area contributed by atoms with Crippen molar-refractivity contribution >= 4 is 17.3 Å². The summed E-state index contributed by atoms with van der Waals surface area (Å²) >= 11 is 6.02. The number of anilines is 1. The van der Waals surface area contributed by atoms with Crippen LogP contribution in [-0.4, -0.2) is 32.0 Å². The van der Waals surface area contributed by atoms with E-state index < -0.39 is 0 Å². The molecule has 0 aliphatic heterocycles. The normalized spacial score (nSPS) is 20.7. The van der Waals surface area contributed by atoms with Crippen LogP contribution in [0.25, 0.3) is 0 Å². The highest BCUT2D eigenvalue weighted by Gasteiger charge is 2.20. The van der Waals surface area contributed by atoms with Gasteiger partial charge in [-0.15, -0.1) is 0 Å². The van der Waals surface area contributed by atoms with Gasteiger partial charge in [-0.25, -0.2) is 4.98 Å². The molecule has 1 aliphatic carbocycles. The molecule has 5 nitrogen and oxygen atoms in total. The topological polar surface area (TPSA) is 63.0 Å². The van der Waals surface area contributed by atoms with Crippen LogP contribution < -0.4 is 5.32 Å². The Morgan fingerprint density at radius 1 is 1.35 bits per heavy atom. The molecule has 120 valence electrons. The van der Waals surface area contributed by atoms with Gasteiger partial charge in [-0.3, -0.25) is 4.68 Å². The molecule has 2 aromatic rings. The maximum atomic E-state index is 9.82. The van der Waals surface area contributed by atoms with Crippen molar-refractivity contribution in [2.45, 2.75) is 37.8 Å². The first kappa shape index (κ1) is 15.9. The lowest BCUT2D eigenvalue weighted by molar-refractivity contribution is 0.124. The lowest BCUT2D eigenvalue weighted by Gasteiger charge is -2.27. The van der Waals surface area contributed by atoms with Gasteiger partial charge in [0, 0.05) is 25.5 Å². The molecular weight excluding hydrogens is 312 g/mol. The molecule has 0 aromatic carbocycles. The zero-order valence-corrected chi connectivity index (χ0v) is 13.7. The first-order valence-electron chi connectivity index (χ1n) is 7.71. The molecule has 2 heterocycles. The van der Waals surface area contributed by atoms with Crippen LogP contribution >= 0.6 is 11.6 Å². The molecule has 1 saturated carbocycles. The molecule has 0 unspecified atom stereocenters. The van der Waals surface area contributed by atoms with Gasteiger partial charge < -0.3 is 10.4 Å². The molecular formula is C17H19ClN4O. The number of hydrogen-bond donors (Lipinski definition) is 2. The number of pyridine rings is 1. The van der Waals surface area contributed by atoms with E-state index in [4.69, 9.17) is 11.6 Å². The highest BCUT2D eigenvalue weighted by Crippen LogP contribution is 2.25. The fraction of sp³-hybridized carbons (Fsp3) is 0.412. The quantitative estimate of drug-likeness (QED) is 0.656. The second kappa shape index (κ2) is 7.03. The van der Waals surface area contributed by atoms with Crippen LogP contribution in [0.15, 0.2) is 24.7 Å². The van der Waals surface area contributed by atoms with Crippen LogP contribution in [0.5, 0.6) is 0 Å². The number of aromatic nitrogens is 3. The molecule has 0 amide bonds. The zero-order chi connectivity index (χ0) is 16.2. The Kier molecular flexibility index (Phi) is 4.85. The molecule has 2 N–H and O–H groups in total. The molecule has 0 spiro atoms. The van der Waals surface area contributed by atoms with E-state index in [1.54, 1.807) is 23.1 Å². The number of hydrogen-bond acceptors (Lipinski definition) is 4. The molecule has 0 bridgehead atoms. The van der Waals surface area contributed by atoms with E-state index in [1.165, 1.54) is 0 Å². The molecule has 3 rings (SSSR count). The summed E-state index contributed by atoms with van der Waals surface area (Å²) in [6.45, 7) is 0. The fourth-order valence-electron chi connectivity index (χ4n) is 2.79. The summed E-state index contributed by atoms with van der Waals surface area (Å²) in [4.78, 5) is 4.12. The largest absolute Gasteiger partial charge is 0.393 e. The predicted molar refractivity (Wildman–Crippen MR) is 90.3 cm³/mol. The number of aliphatic hydroxyl groups excluding tert-OH is 1. The third kappa shape index (κ3) is 4.25. The van der Waals surface area contributed by atoms with Crippen LogP contribution in [0.3, 0.4) is 0 Å². The summed E-state index contributed by atoms with van der Waals surface area (Å²) in [5.74, 6) is 6.20. The summed E-state index contributed by atoms with van der Waals surface area (Å²) in [6, 6.07) is 2.02. The fourth-order valence-corrected chi connectivity index (χ4v) is 2.95. The molecule has 0 radical (unpaired) electrons. The second-order valence-corrected chi connectivity index (χ2v) is 6.25. The zero-order valence-electron chi connectivity index (χ0n) is 13.0. The van der Waals surface area contributed by atoms with E-state index in [0.29, 0.717) is 5.15 Å². The predicted octanol–water partition coefficient (Wildman–Crippen LogP) is 2.58. The first-order valence-corrected chi connectivity index (χ1v) is 8.09. The molecule has 1 aliphatic rings. The van der Waals surface area contributed by atoms with Crippen molar-refractivity contribution in [1.82, 2.24) is 14.8 Å². The Morgan fingerprint density at radius 2 is 2.22 bits per heavy atom.